The molecule has 1 aromatic rings. The van der Waals surface area contributed by atoms with Crippen molar-refractivity contribution in [2.75, 3.05) is 13.2 Å². The van der Waals surface area contributed by atoms with Crippen LogP contribution >= 0.6 is 0 Å². The Morgan fingerprint density at radius 2 is 1.89 bits per heavy atom. The van der Waals surface area contributed by atoms with Crippen LogP contribution in [-0.2, 0) is 4.79 Å². The predicted molar refractivity (Wildman–Crippen MR) is 73.4 cm³/mol. The van der Waals surface area contributed by atoms with Crippen molar-refractivity contribution in [1.29, 1.82) is 0 Å². The van der Waals surface area contributed by atoms with E-state index in [9.17, 15) is 4.79 Å². The first-order valence-corrected chi connectivity index (χ1v) is 6.39. The lowest BCUT2D eigenvalue weighted by Gasteiger charge is -2.22. The predicted octanol–water partition coefficient (Wildman–Crippen LogP) is 2.31. The molecule has 0 aliphatic carbocycles. The summed E-state index contributed by atoms with van der Waals surface area (Å²) in [5, 5.41) is 12.1. The van der Waals surface area contributed by atoms with Crippen LogP contribution in [-0.4, -0.2) is 24.2 Å². The van der Waals surface area contributed by atoms with Gasteiger partial charge in [-0.2, -0.15) is 0 Å². The molecular weight excluding hydrogens is 226 g/mol. The minimum absolute atomic E-state index is 0.0429. The Bertz CT molecular complexity index is 368. The summed E-state index contributed by atoms with van der Waals surface area (Å²) in [4.78, 5) is 11.8. The molecule has 0 saturated heterocycles. The second kappa shape index (κ2) is 6.55. The molecule has 1 unspecified atom stereocenters. The van der Waals surface area contributed by atoms with Crippen LogP contribution < -0.4 is 5.32 Å². The fraction of sp³-hybridized carbons (Fsp3) is 0.533. The number of nitrogens with one attached hydrogen (secondary N) is 1. The molecular formula is C15H23NO2. The number of aliphatic hydroxyl groups excluding tert-OH is 1. The summed E-state index contributed by atoms with van der Waals surface area (Å²) in [7, 11) is 0. The fourth-order valence-corrected chi connectivity index (χ4v) is 1.75. The number of benzene rings is 1. The Morgan fingerprint density at radius 1 is 1.28 bits per heavy atom. The molecule has 1 aromatic carbocycles. The molecule has 1 atom stereocenters. The number of carbonyl (C=O) groups excluding carboxylic acids is 1. The van der Waals surface area contributed by atoms with E-state index < -0.39 is 0 Å². The Hall–Kier alpha value is -1.35. The zero-order chi connectivity index (χ0) is 13.6. The summed E-state index contributed by atoms with van der Waals surface area (Å²) in [5.74, 6) is 0.212. The topological polar surface area (TPSA) is 49.3 Å². The van der Waals surface area contributed by atoms with Gasteiger partial charge in [0.25, 0.3) is 0 Å². The maximum Gasteiger partial charge on any atom is 0.225 e. The molecule has 0 radical (unpaired) electrons. The molecule has 0 aliphatic heterocycles. The number of rotatable bonds is 5. The van der Waals surface area contributed by atoms with Gasteiger partial charge in [-0.1, -0.05) is 51.1 Å². The maximum absolute atomic E-state index is 11.8. The van der Waals surface area contributed by atoms with Gasteiger partial charge in [-0.25, -0.2) is 0 Å². The molecule has 0 spiro atoms. The molecule has 3 nitrogen and oxygen atoms in total. The van der Waals surface area contributed by atoms with Crippen LogP contribution in [0.1, 0.15) is 38.7 Å². The lowest BCUT2D eigenvalue weighted by molar-refractivity contribution is -0.128. The largest absolute Gasteiger partial charge is 0.396 e. The Morgan fingerprint density at radius 3 is 2.39 bits per heavy atom. The summed E-state index contributed by atoms with van der Waals surface area (Å²) in [5.41, 5.74) is 0.779. The third-order valence-corrected chi connectivity index (χ3v) is 2.94. The highest BCUT2D eigenvalue weighted by atomic mass is 16.3. The van der Waals surface area contributed by atoms with Crippen molar-refractivity contribution in [3.63, 3.8) is 0 Å². The summed E-state index contributed by atoms with van der Waals surface area (Å²) in [6.45, 7) is 6.38. The van der Waals surface area contributed by atoms with Crippen molar-refractivity contribution in [2.24, 2.45) is 5.41 Å². The van der Waals surface area contributed by atoms with E-state index in [1.807, 2.05) is 51.1 Å². The number of amides is 1. The van der Waals surface area contributed by atoms with E-state index in [1.54, 1.807) is 0 Å². The van der Waals surface area contributed by atoms with Gasteiger partial charge in [0.05, 0.1) is 0 Å². The molecule has 0 heterocycles. The normalized spacial score (nSPS) is 13.1. The van der Waals surface area contributed by atoms with Gasteiger partial charge in [-0.15, -0.1) is 0 Å². The number of hydrogen-bond acceptors (Lipinski definition) is 2. The van der Waals surface area contributed by atoms with Crippen LogP contribution in [0.3, 0.4) is 0 Å². The molecule has 3 heteroatoms. The summed E-state index contributed by atoms with van der Waals surface area (Å²) < 4.78 is 0. The van der Waals surface area contributed by atoms with Crippen molar-refractivity contribution in [3.05, 3.63) is 35.9 Å². The van der Waals surface area contributed by atoms with Gasteiger partial charge in [0.15, 0.2) is 0 Å². The van der Waals surface area contributed by atoms with E-state index in [4.69, 9.17) is 5.11 Å². The van der Waals surface area contributed by atoms with E-state index >= 15 is 0 Å². The SMILES string of the molecule is CC(C)(C)C(=O)NCC(CCO)c1ccccc1. The van der Waals surface area contributed by atoms with E-state index in [0.29, 0.717) is 13.0 Å². The van der Waals surface area contributed by atoms with E-state index in [2.05, 4.69) is 5.32 Å². The van der Waals surface area contributed by atoms with Crippen LogP contribution in [0.15, 0.2) is 30.3 Å². The monoisotopic (exact) mass is 249 g/mol. The first kappa shape index (κ1) is 14.7. The third kappa shape index (κ3) is 4.49. The molecule has 0 saturated carbocycles. The highest BCUT2D eigenvalue weighted by Gasteiger charge is 2.22. The van der Waals surface area contributed by atoms with Gasteiger partial charge < -0.3 is 10.4 Å². The van der Waals surface area contributed by atoms with Crippen LogP contribution in [0.4, 0.5) is 0 Å². The van der Waals surface area contributed by atoms with Gasteiger partial charge in [0.1, 0.15) is 0 Å². The summed E-state index contributed by atoms with van der Waals surface area (Å²) in [6, 6.07) is 9.98. The molecule has 0 aliphatic rings. The number of carbonyl (C=O) groups is 1. The molecule has 0 bridgehead atoms. The lowest BCUT2D eigenvalue weighted by Crippen LogP contribution is -2.37. The van der Waals surface area contributed by atoms with Crippen LogP contribution in [0, 0.1) is 5.41 Å². The van der Waals surface area contributed by atoms with E-state index in [-0.39, 0.29) is 23.8 Å². The summed E-state index contributed by atoms with van der Waals surface area (Å²) >= 11 is 0. The van der Waals surface area contributed by atoms with Crippen molar-refractivity contribution < 1.29 is 9.90 Å². The van der Waals surface area contributed by atoms with Gasteiger partial charge in [0, 0.05) is 24.5 Å². The summed E-state index contributed by atoms with van der Waals surface area (Å²) in [6.07, 6.45) is 0.661. The average Bonchev–Trinajstić information content (AvgIpc) is 2.34. The van der Waals surface area contributed by atoms with Crippen molar-refractivity contribution in [2.45, 2.75) is 33.1 Å². The number of aliphatic hydroxyl groups is 1. The standard InChI is InChI=1S/C15H23NO2/c1-15(2,3)14(18)16-11-13(9-10-17)12-7-5-4-6-8-12/h4-8,13,17H,9-11H2,1-3H3,(H,16,18). The minimum Gasteiger partial charge on any atom is -0.396 e. The average molecular weight is 249 g/mol. The quantitative estimate of drug-likeness (QED) is 0.841. The zero-order valence-corrected chi connectivity index (χ0v) is 11.4. The smallest absolute Gasteiger partial charge is 0.225 e. The second-order valence-corrected chi connectivity index (χ2v) is 5.58. The molecule has 0 aromatic heterocycles. The molecule has 1 amide bonds. The molecule has 1 rings (SSSR count). The fourth-order valence-electron chi connectivity index (χ4n) is 1.75. The number of hydrogen-bond donors (Lipinski definition) is 2. The minimum atomic E-state index is -0.375. The third-order valence-electron chi connectivity index (χ3n) is 2.94. The molecule has 2 N–H and O–H groups in total. The van der Waals surface area contributed by atoms with Crippen molar-refractivity contribution in [3.8, 4) is 0 Å². The van der Waals surface area contributed by atoms with E-state index in [1.165, 1.54) is 0 Å². The first-order valence-electron chi connectivity index (χ1n) is 6.39. The highest BCUT2D eigenvalue weighted by Crippen LogP contribution is 2.19. The molecule has 18 heavy (non-hydrogen) atoms. The van der Waals surface area contributed by atoms with Crippen LogP contribution in [0.25, 0.3) is 0 Å². The zero-order valence-electron chi connectivity index (χ0n) is 11.4. The van der Waals surface area contributed by atoms with Crippen molar-refractivity contribution >= 4 is 5.91 Å². The molecule has 0 fully saturated rings. The van der Waals surface area contributed by atoms with Gasteiger partial charge >= 0.3 is 0 Å². The Balaban J connectivity index is 2.62. The van der Waals surface area contributed by atoms with Gasteiger partial charge in [-0.3, -0.25) is 4.79 Å². The van der Waals surface area contributed by atoms with Gasteiger partial charge in [-0.05, 0) is 12.0 Å². The Kier molecular flexibility index (Phi) is 5.35. The molecule has 100 valence electrons. The highest BCUT2D eigenvalue weighted by molar-refractivity contribution is 5.81. The van der Waals surface area contributed by atoms with Crippen LogP contribution in [0.2, 0.25) is 0 Å². The Labute approximate surface area is 109 Å². The van der Waals surface area contributed by atoms with Crippen molar-refractivity contribution in [1.82, 2.24) is 5.32 Å². The second-order valence-electron chi connectivity index (χ2n) is 5.58. The maximum atomic E-state index is 11.8. The van der Waals surface area contributed by atoms with Gasteiger partial charge in [0.2, 0.25) is 5.91 Å². The lowest BCUT2D eigenvalue weighted by atomic mass is 9.93. The van der Waals surface area contributed by atoms with E-state index in [0.717, 1.165) is 5.56 Å². The van der Waals surface area contributed by atoms with Crippen LogP contribution in [0.5, 0.6) is 0 Å². The first-order chi connectivity index (χ1) is 8.45.